The molecule has 0 bridgehead atoms. The van der Waals surface area contributed by atoms with E-state index in [0.717, 1.165) is 5.69 Å². The standard InChI is InChI=1S/C11H10ClN3OS/c12-8-2-1-3-9(6-8)15-5-4-14-11(15)17-7-10(13)16/h1-6H,7H2,(H2,13,16). The number of carbonyl (C=O) groups excluding carboxylic acids is 1. The van der Waals surface area contributed by atoms with Gasteiger partial charge in [0.05, 0.1) is 5.75 Å². The van der Waals surface area contributed by atoms with Gasteiger partial charge in [0, 0.05) is 23.1 Å². The summed E-state index contributed by atoms with van der Waals surface area (Å²) in [5, 5.41) is 1.37. The molecule has 0 unspecified atom stereocenters. The fourth-order valence-electron chi connectivity index (χ4n) is 1.35. The van der Waals surface area contributed by atoms with Gasteiger partial charge < -0.3 is 5.73 Å². The average molecular weight is 268 g/mol. The van der Waals surface area contributed by atoms with E-state index >= 15 is 0 Å². The zero-order valence-electron chi connectivity index (χ0n) is 8.84. The highest BCUT2D eigenvalue weighted by Crippen LogP contribution is 2.21. The van der Waals surface area contributed by atoms with Crippen LogP contribution in [-0.2, 0) is 4.79 Å². The van der Waals surface area contributed by atoms with E-state index in [9.17, 15) is 4.79 Å². The summed E-state index contributed by atoms with van der Waals surface area (Å²) in [6.07, 6.45) is 3.49. The highest BCUT2D eigenvalue weighted by Gasteiger charge is 2.07. The number of hydrogen-bond donors (Lipinski definition) is 1. The van der Waals surface area contributed by atoms with Crippen LogP contribution >= 0.6 is 23.4 Å². The Bertz CT molecular complexity index is 541. The van der Waals surface area contributed by atoms with Crippen LogP contribution in [0.5, 0.6) is 0 Å². The fourth-order valence-corrected chi connectivity index (χ4v) is 2.25. The first kappa shape index (κ1) is 12.0. The van der Waals surface area contributed by atoms with Gasteiger partial charge in [0.2, 0.25) is 5.91 Å². The fraction of sp³-hybridized carbons (Fsp3) is 0.0909. The second-order valence-electron chi connectivity index (χ2n) is 3.31. The Hall–Kier alpha value is -1.46. The Morgan fingerprint density at radius 2 is 2.35 bits per heavy atom. The first-order valence-corrected chi connectivity index (χ1v) is 6.23. The van der Waals surface area contributed by atoms with Crippen molar-refractivity contribution in [3.63, 3.8) is 0 Å². The van der Waals surface area contributed by atoms with Crippen LogP contribution < -0.4 is 5.73 Å². The number of imidazole rings is 1. The van der Waals surface area contributed by atoms with Gasteiger partial charge in [-0.25, -0.2) is 4.98 Å². The van der Waals surface area contributed by atoms with Crippen molar-refractivity contribution in [2.24, 2.45) is 5.73 Å². The first-order valence-electron chi connectivity index (χ1n) is 4.87. The van der Waals surface area contributed by atoms with Crippen LogP contribution in [0.2, 0.25) is 5.02 Å². The van der Waals surface area contributed by atoms with Crippen LogP contribution in [-0.4, -0.2) is 21.2 Å². The molecule has 0 aliphatic carbocycles. The summed E-state index contributed by atoms with van der Waals surface area (Å²) in [4.78, 5) is 14.9. The zero-order chi connectivity index (χ0) is 12.3. The minimum Gasteiger partial charge on any atom is -0.369 e. The van der Waals surface area contributed by atoms with Crippen molar-refractivity contribution >= 4 is 29.3 Å². The maximum atomic E-state index is 10.7. The maximum absolute atomic E-state index is 10.7. The first-order chi connectivity index (χ1) is 8.16. The van der Waals surface area contributed by atoms with Crippen LogP contribution in [0.25, 0.3) is 5.69 Å². The minimum atomic E-state index is -0.365. The van der Waals surface area contributed by atoms with E-state index < -0.39 is 0 Å². The number of benzene rings is 1. The molecule has 4 nitrogen and oxygen atoms in total. The van der Waals surface area contributed by atoms with Crippen molar-refractivity contribution in [1.29, 1.82) is 0 Å². The number of aromatic nitrogens is 2. The molecule has 0 aliphatic heterocycles. The van der Waals surface area contributed by atoms with E-state index in [1.807, 2.05) is 29.0 Å². The number of thioether (sulfide) groups is 1. The quantitative estimate of drug-likeness (QED) is 0.863. The Kier molecular flexibility index (Phi) is 3.71. The summed E-state index contributed by atoms with van der Waals surface area (Å²) in [5.74, 6) is -0.159. The molecule has 0 saturated heterocycles. The van der Waals surface area contributed by atoms with Gasteiger partial charge in [-0.15, -0.1) is 0 Å². The molecular formula is C11H10ClN3OS. The summed E-state index contributed by atoms with van der Waals surface area (Å²) in [6, 6.07) is 7.41. The van der Waals surface area contributed by atoms with Crippen LogP contribution in [0.15, 0.2) is 41.8 Å². The van der Waals surface area contributed by atoms with Gasteiger partial charge >= 0.3 is 0 Å². The molecule has 88 valence electrons. The number of nitrogens with two attached hydrogens (primary N) is 1. The van der Waals surface area contributed by atoms with E-state index in [0.29, 0.717) is 10.2 Å². The second-order valence-corrected chi connectivity index (χ2v) is 4.69. The van der Waals surface area contributed by atoms with Crippen LogP contribution in [0.3, 0.4) is 0 Å². The number of halogens is 1. The van der Waals surface area contributed by atoms with E-state index in [2.05, 4.69) is 4.98 Å². The third kappa shape index (κ3) is 3.01. The summed E-state index contributed by atoms with van der Waals surface area (Å²) in [6.45, 7) is 0. The minimum absolute atomic E-state index is 0.206. The molecule has 1 heterocycles. The molecule has 2 rings (SSSR count). The third-order valence-corrected chi connectivity index (χ3v) is 3.26. The van der Waals surface area contributed by atoms with Crippen molar-refractivity contribution < 1.29 is 4.79 Å². The topological polar surface area (TPSA) is 60.9 Å². The lowest BCUT2D eigenvalue weighted by atomic mass is 10.3. The number of primary amides is 1. The molecule has 2 aromatic rings. The highest BCUT2D eigenvalue weighted by atomic mass is 35.5. The SMILES string of the molecule is NC(=O)CSc1nccn1-c1cccc(Cl)c1. The molecule has 0 atom stereocenters. The van der Waals surface area contributed by atoms with E-state index in [-0.39, 0.29) is 11.7 Å². The lowest BCUT2D eigenvalue weighted by Gasteiger charge is -2.06. The van der Waals surface area contributed by atoms with Gasteiger partial charge in [-0.3, -0.25) is 9.36 Å². The second kappa shape index (κ2) is 5.25. The van der Waals surface area contributed by atoms with Crippen LogP contribution in [0, 0.1) is 0 Å². The molecule has 1 aromatic carbocycles. The van der Waals surface area contributed by atoms with Crippen LogP contribution in [0.4, 0.5) is 0 Å². The summed E-state index contributed by atoms with van der Waals surface area (Å²) < 4.78 is 1.86. The number of hydrogen-bond acceptors (Lipinski definition) is 3. The maximum Gasteiger partial charge on any atom is 0.227 e. The molecule has 17 heavy (non-hydrogen) atoms. The normalized spacial score (nSPS) is 10.4. The van der Waals surface area contributed by atoms with Crippen molar-refractivity contribution in [3.8, 4) is 5.69 Å². The molecule has 0 spiro atoms. The molecule has 1 aromatic heterocycles. The summed E-state index contributed by atoms with van der Waals surface area (Å²) in [7, 11) is 0. The lowest BCUT2D eigenvalue weighted by Crippen LogP contribution is -2.13. The Balaban J connectivity index is 2.27. The molecule has 6 heteroatoms. The monoisotopic (exact) mass is 267 g/mol. The van der Waals surface area contributed by atoms with Crippen LogP contribution in [0.1, 0.15) is 0 Å². The molecule has 0 fully saturated rings. The smallest absolute Gasteiger partial charge is 0.227 e. The van der Waals surface area contributed by atoms with Gasteiger partial charge in [-0.1, -0.05) is 29.4 Å². The van der Waals surface area contributed by atoms with Gasteiger partial charge in [0.1, 0.15) is 0 Å². The van der Waals surface area contributed by atoms with Crippen molar-refractivity contribution in [1.82, 2.24) is 9.55 Å². The number of nitrogens with zero attached hydrogens (tertiary/aromatic N) is 2. The summed E-state index contributed by atoms with van der Waals surface area (Å²) >= 11 is 7.22. The largest absolute Gasteiger partial charge is 0.369 e. The van der Waals surface area contributed by atoms with Crippen molar-refractivity contribution in [3.05, 3.63) is 41.7 Å². The summed E-state index contributed by atoms with van der Waals surface area (Å²) in [5.41, 5.74) is 6.01. The highest BCUT2D eigenvalue weighted by molar-refractivity contribution is 7.99. The van der Waals surface area contributed by atoms with Crippen molar-refractivity contribution in [2.45, 2.75) is 5.16 Å². The van der Waals surface area contributed by atoms with E-state index in [1.54, 1.807) is 12.3 Å². The third-order valence-electron chi connectivity index (χ3n) is 2.04. The molecule has 2 N–H and O–H groups in total. The molecule has 0 aliphatic rings. The van der Waals surface area contributed by atoms with E-state index in [4.69, 9.17) is 17.3 Å². The predicted octanol–water partition coefficient (Wildman–Crippen LogP) is 2.10. The Morgan fingerprint density at radius 1 is 1.53 bits per heavy atom. The molecule has 1 amide bonds. The zero-order valence-corrected chi connectivity index (χ0v) is 10.4. The van der Waals surface area contributed by atoms with Crippen molar-refractivity contribution in [2.75, 3.05) is 5.75 Å². The molecule has 0 saturated carbocycles. The van der Waals surface area contributed by atoms with Gasteiger partial charge in [-0.2, -0.15) is 0 Å². The lowest BCUT2D eigenvalue weighted by molar-refractivity contribution is -0.115. The number of rotatable bonds is 4. The number of amides is 1. The van der Waals surface area contributed by atoms with Gasteiger partial charge in [-0.05, 0) is 18.2 Å². The predicted molar refractivity (Wildman–Crippen MR) is 68.5 cm³/mol. The molecule has 0 radical (unpaired) electrons. The molecular weight excluding hydrogens is 258 g/mol. The van der Waals surface area contributed by atoms with Gasteiger partial charge in [0.15, 0.2) is 5.16 Å². The van der Waals surface area contributed by atoms with E-state index in [1.165, 1.54) is 11.8 Å². The Morgan fingerprint density at radius 3 is 3.06 bits per heavy atom. The Labute approximate surface area is 108 Å². The van der Waals surface area contributed by atoms with Gasteiger partial charge in [0.25, 0.3) is 0 Å². The number of carbonyl (C=O) groups is 1. The average Bonchev–Trinajstić information content (AvgIpc) is 2.74.